The van der Waals surface area contributed by atoms with Gasteiger partial charge in [0.2, 0.25) is 5.78 Å². The van der Waals surface area contributed by atoms with Crippen molar-refractivity contribution in [2.45, 2.75) is 12.8 Å². The van der Waals surface area contributed by atoms with Crippen molar-refractivity contribution in [1.29, 1.82) is 0 Å². The summed E-state index contributed by atoms with van der Waals surface area (Å²) >= 11 is 0. The molecule has 2 rings (SSSR count). The molecule has 0 amide bonds. The van der Waals surface area contributed by atoms with Crippen LogP contribution in [0.25, 0.3) is 0 Å². The van der Waals surface area contributed by atoms with E-state index in [0.29, 0.717) is 6.61 Å². The number of carbonyl (C=O) groups excluding carboxylic acids is 1. The lowest BCUT2D eigenvalue weighted by atomic mass is 10.1. The van der Waals surface area contributed by atoms with Crippen LogP contribution < -0.4 is 5.73 Å². The first-order chi connectivity index (χ1) is 7.68. The van der Waals surface area contributed by atoms with Crippen LogP contribution in [0.2, 0.25) is 0 Å². The molecule has 3 nitrogen and oxygen atoms in total. The fourth-order valence-corrected chi connectivity index (χ4v) is 1.57. The van der Waals surface area contributed by atoms with Crippen LogP contribution >= 0.6 is 0 Å². The average molecular weight is 221 g/mol. The van der Waals surface area contributed by atoms with Gasteiger partial charge in [-0.05, 0) is 37.1 Å². The number of anilines is 1. The van der Waals surface area contributed by atoms with E-state index >= 15 is 0 Å². The number of nitrogens with two attached hydrogens (primary N) is 1. The van der Waals surface area contributed by atoms with Crippen LogP contribution in [0, 0.1) is 5.82 Å². The second kappa shape index (κ2) is 4.35. The number of hydrogen-bond donors (Lipinski definition) is 1. The lowest BCUT2D eigenvalue weighted by molar-refractivity contribution is 0.0899. The quantitative estimate of drug-likeness (QED) is 0.615. The number of hydrogen-bond acceptors (Lipinski definition) is 3. The average Bonchev–Trinajstić information content (AvgIpc) is 2.32. The molecule has 0 bridgehead atoms. The number of rotatable bonds is 2. The second-order valence-electron chi connectivity index (χ2n) is 3.62. The highest BCUT2D eigenvalue weighted by Gasteiger charge is 2.18. The van der Waals surface area contributed by atoms with E-state index in [9.17, 15) is 9.18 Å². The van der Waals surface area contributed by atoms with Gasteiger partial charge in [0.15, 0.2) is 5.76 Å². The molecule has 1 aliphatic heterocycles. The summed E-state index contributed by atoms with van der Waals surface area (Å²) < 4.78 is 18.2. The summed E-state index contributed by atoms with van der Waals surface area (Å²) in [5, 5.41) is 0. The maximum atomic E-state index is 13.0. The fourth-order valence-electron chi connectivity index (χ4n) is 1.57. The van der Waals surface area contributed by atoms with Crippen LogP contribution in [0.4, 0.5) is 10.1 Å². The number of nitrogen functional groups attached to an aromatic ring is 1. The molecule has 2 N–H and O–H groups in total. The van der Waals surface area contributed by atoms with Gasteiger partial charge in [-0.15, -0.1) is 0 Å². The van der Waals surface area contributed by atoms with Crippen LogP contribution in [0.5, 0.6) is 0 Å². The number of ketones is 1. The zero-order valence-corrected chi connectivity index (χ0v) is 8.70. The van der Waals surface area contributed by atoms with Gasteiger partial charge in [-0.2, -0.15) is 0 Å². The predicted molar refractivity (Wildman–Crippen MR) is 58.4 cm³/mol. The van der Waals surface area contributed by atoms with Crippen LogP contribution in [0.15, 0.2) is 30.0 Å². The zero-order chi connectivity index (χ0) is 11.5. The summed E-state index contributed by atoms with van der Waals surface area (Å²) in [6.07, 6.45) is 3.42. The Hall–Kier alpha value is -1.84. The second-order valence-corrected chi connectivity index (χ2v) is 3.62. The third-order valence-electron chi connectivity index (χ3n) is 2.42. The molecule has 0 unspecified atom stereocenters. The minimum absolute atomic E-state index is 0.160. The normalized spacial score (nSPS) is 15.2. The lowest BCUT2D eigenvalue weighted by Gasteiger charge is -2.14. The minimum Gasteiger partial charge on any atom is -0.490 e. The Bertz CT molecular complexity index is 454. The van der Waals surface area contributed by atoms with Crippen LogP contribution in [-0.2, 0) is 4.74 Å². The predicted octanol–water partition coefficient (Wildman–Crippen LogP) is 2.28. The molecule has 0 atom stereocenters. The molecule has 0 saturated heterocycles. The van der Waals surface area contributed by atoms with E-state index in [-0.39, 0.29) is 22.8 Å². The first-order valence-corrected chi connectivity index (χ1v) is 5.11. The van der Waals surface area contributed by atoms with E-state index in [1.54, 1.807) is 6.08 Å². The van der Waals surface area contributed by atoms with Crippen molar-refractivity contribution in [2.24, 2.45) is 0 Å². The first kappa shape index (κ1) is 10.7. The number of halogens is 1. The lowest BCUT2D eigenvalue weighted by Crippen LogP contribution is -2.13. The van der Waals surface area contributed by atoms with Crippen molar-refractivity contribution < 1.29 is 13.9 Å². The van der Waals surface area contributed by atoms with Gasteiger partial charge in [-0.1, -0.05) is 0 Å². The molecule has 4 heteroatoms. The molecule has 84 valence electrons. The van der Waals surface area contributed by atoms with Gasteiger partial charge < -0.3 is 10.5 Å². The molecule has 16 heavy (non-hydrogen) atoms. The Labute approximate surface area is 92.7 Å². The summed E-state index contributed by atoms with van der Waals surface area (Å²) in [6.45, 7) is 0.521. The minimum atomic E-state index is -0.478. The summed E-state index contributed by atoms with van der Waals surface area (Å²) in [4.78, 5) is 11.9. The van der Waals surface area contributed by atoms with Gasteiger partial charge in [-0.25, -0.2) is 4.39 Å². The van der Waals surface area contributed by atoms with E-state index in [0.717, 1.165) is 18.9 Å². The van der Waals surface area contributed by atoms with Gasteiger partial charge in [0.05, 0.1) is 12.2 Å². The van der Waals surface area contributed by atoms with Crippen molar-refractivity contribution in [3.63, 3.8) is 0 Å². The number of allylic oxidation sites excluding steroid dienone is 2. The molecule has 0 spiro atoms. The highest BCUT2D eigenvalue weighted by molar-refractivity contribution is 6.10. The van der Waals surface area contributed by atoms with E-state index in [2.05, 4.69) is 0 Å². The zero-order valence-electron chi connectivity index (χ0n) is 8.70. The van der Waals surface area contributed by atoms with Crippen LogP contribution in [-0.4, -0.2) is 12.4 Å². The van der Waals surface area contributed by atoms with E-state index in [1.165, 1.54) is 12.1 Å². The number of carbonyl (C=O) groups is 1. The maximum absolute atomic E-state index is 13.0. The van der Waals surface area contributed by atoms with Gasteiger partial charge in [-0.3, -0.25) is 4.79 Å². The van der Waals surface area contributed by atoms with Crippen molar-refractivity contribution >= 4 is 11.5 Å². The Kier molecular flexibility index (Phi) is 2.90. The molecular weight excluding hydrogens is 209 g/mol. The molecule has 0 aromatic heterocycles. The van der Waals surface area contributed by atoms with Crippen LogP contribution in [0.1, 0.15) is 23.2 Å². The van der Waals surface area contributed by atoms with Crippen molar-refractivity contribution in [3.8, 4) is 0 Å². The molecule has 1 heterocycles. The summed E-state index contributed by atoms with van der Waals surface area (Å²) in [5.41, 5.74) is 6.05. The Morgan fingerprint density at radius 2 is 2.25 bits per heavy atom. The fraction of sp³-hybridized carbons (Fsp3) is 0.250. The topological polar surface area (TPSA) is 52.3 Å². The van der Waals surface area contributed by atoms with Crippen molar-refractivity contribution in [3.05, 3.63) is 41.4 Å². The Morgan fingerprint density at radius 3 is 2.94 bits per heavy atom. The smallest absolute Gasteiger partial charge is 0.229 e. The SMILES string of the molecule is Nc1ccc(F)cc1C(=O)C1=CCCCO1. The third kappa shape index (κ3) is 2.05. The van der Waals surface area contributed by atoms with Gasteiger partial charge in [0, 0.05) is 5.69 Å². The van der Waals surface area contributed by atoms with Crippen molar-refractivity contribution in [2.75, 3.05) is 12.3 Å². The summed E-state index contributed by atoms with van der Waals surface area (Å²) in [7, 11) is 0. The van der Waals surface area contributed by atoms with Gasteiger partial charge >= 0.3 is 0 Å². The van der Waals surface area contributed by atoms with Crippen LogP contribution in [0.3, 0.4) is 0 Å². The standard InChI is InChI=1S/C12H12FNO2/c13-8-4-5-10(14)9(7-8)12(15)11-3-1-2-6-16-11/h3-5,7H,1-2,6,14H2. The summed E-state index contributed by atoms with van der Waals surface area (Å²) in [6, 6.07) is 3.74. The molecule has 1 aliphatic rings. The molecule has 1 aromatic rings. The number of benzene rings is 1. The highest BCUT2D eigenvalue weighted by atomic mass is 19.1. The van der Waals surface area contributed by atoms with E-state index < -0.39 is 5.82 Å². The molecular formula is C12H12FNO2. The number of Topliss-reactive ketones (excluding diaryl/α,β-unsaturated/α-hetero) is 1. The third-order valence-corrected chi connectivity index (χ3v) is 2.42. The summed E-state index contributed by atoms with van der Waals surface area (Å²) in [5.74, 6) is -0.561. The molecule has 0 saturated carbocycles. The van der Waals surface area contributed by atoms with Gasteiger partial charge in [0.25, 0.3) is 0 Å². The molecule has 0 radical (unpaired) electrons. The molecule has 1 aromatic carbocycles. The Balaban J connectivity index is 2.33. The largest absolute Gasteiger partial charge is 0.490 e. The molecule has 0 fully saturated rings. The maximum Gasteiger partial charge on any atom is 0.229 e. The van der Waals surface area contributed by atoms with Crippen molar-refractivity contribution in [1.82, 2.24) is 0 Å². The van der Waals surface area contributed by atoms with E-state index in [4.69, 9.17) is 10.5 Å². The monoisotopic (exact) mass is 221 g/mol. The Morgan fingerprint density at radius 1 is 1.44 bits per heavy atom. The first-order valence-electron chi connectivity index (χ1n) is 5.11. The number of ether oxygens (including phenoxy) is 1. The van der Waals surface area contributed by atoms with E-state index in [1.807, 2.05) is 0 Å². The highest BCUT2D eigenvalue weighted by Crippen LogP contribution is 2.20. The van der Waals surface area contributed by atoms with Gasteiger partial charge in [0.1, 0.15) is 5.82 Å². The molecule has 0 aliphatic carbocycles.